The van der Waals surface area contributed by atoms with Crippen LogP contribution in [0, 0.1) is 0 Å². The smallest absolute Gasteiger partial charge is 0.328 e. The Morgan fingerprint density at radius 1 is 0.789 bits per heavy atom. The highest BCUT2D eigenvalue weighted by Gasteiger charge is 2.22. The highest BCUT2D eigenvalue weighted by atomic mass is 16.5. The molecule has 38 heavy (non-hydrogen) atoms. The molecule has 194 valence electrons. The Kier molecular flexibility index (Phi) is 9.51. The summed E-state index contributed by atoms with van der Waals surface area (Å²) >= 11 is 0. The molecule has 0 heterocycles. The lowest BCUT2D eigenvalue weighted by Crippen LogP contribution is -2.33. The monoisotopic (exact) mass is 508 g/mol. The number of carbonyl (C=O) groups is 2. The van der Waals surface area contributed by atoms with Crippen molar-refractivity contribution in [2.45, 2.75) is 18.9 Å². The predicted molar refractivity (Wildman–Crippen MR) is 151 cm³/mol. The number of benzene rings is 4. The van der Waals surface area contributed by atoms with Crippen LogP contribution in [0.4, 0.5) is 11.4 Å². The number of nitrogens with one attached hydrogen (secondary N) is 2. The van der Waals surface area contributed by atoms with E-state index in [1.54, 1.807) is 24.3 Å². The van der Waals surface area contributed by atoms with Crippen molar-refractivity contribution in [3.05, 3.63) is 126 Å². The number of ether oxygens (including phenoxy) is 2. The zero-order chi connectivity index (χ0) is 26.6. The van der Waals surface area contributed by atoms with Crippen LogP contribution in [0.2, 0.25) is 0 Å². The van der Waals surface area contributed by atoms with Gasteiger partial charge in [0.2, 0.25) is 0 Å². The number of hydrogen-bond donors (Lipinski definition) is 2. The molecule has 4 aromatic rings. The number of hydrogen-bond acceptors (Lipinski definition) is 6. The molecule has 0 spiro atoms. The van der Waals surface area contributed by atoms with E-state index in [-0.39, 0.29) is 5.78 Å². The van der Waals surface area contributed by atoms with Crippen molar-refractivity contribution in [3.8, 4) is 5.75 Å². The van der Waals surface area contributed by atoms with Gasteiger partial charge in [-0.15, -0.1) is 0 Å². The minimum atomic E-state index is -0.666. The van der Waals surface area contributed by atoms with E-state index in [0.29, 0.717) is 29.8 Å². The maximum atomic E-state index is 13.1. The third-order valence-corrected chi connectivity index (χ3v) is 6.08. The first kappa shape index (κ1) is 26.5. The van der Waals surface area contributed by atoms with Crippen molar-refractivity contribution in [3.63, 3.8) is 0 Å². The third-order valence-electron chi connectivity index (χ3n) is 6.08. The van der Waals surface area contributed by atoms with Crippen molar-refractivity contribution in [1.82, 2.24) is 0 Å². The molecule has 0 fully saturated rings. The third kappa shape index (κ3) is 7.46. The van der Waals surface area contributed by atoms with Crippen LogP contribution in [0.1, 0.15) is 27.9 Å². The minimum absolute atomic E-state index is 0.113. The van der Waals surface area contributed by atoms with Gasteiger partial charge >= 0.3 is 5.97 Å². The number of methoxy groups -OCH3 is 1. The Bertz CT molecular complexity index is 1310. The van der Waals surface area contributed by atoms with Gasteiger partial charge in [-0.3, -0.25) is 4.79 Å². The van der Waals surface area contributed by atoms with E-state index < -0.39 is 12.0 Å². The van der Waals surface area contributed by atoms with Gasteiger partial charge in [-0.05, 0) is 48.4 Å². The van der Waals surface area contributed by atoms with Crippen LogP contribution in [-0.2, 0) is 16.0 Å². The largest absolute Gasteiger partial charge is 0.494 e. The molecule has 0 unspecified atom stereocenters. The van der Waals surface area contributed by atoms with E-state index in [0.717, 1.165) is 30.0 Å². The van der Waals surface area contributed by atoms with Gasteiger partial charge in [0.1, 0.15) is 11.8 Å². The lowest BCUT2D eigenvalue weighted by Gasteiger charge is -2.20. The van der Waals surface area contributed by atoms with E-state index >= 15 is 0 Å². The lowest BCUT2D eigenvalue weighted by atomic mass is 10.00. The van der Waals surface area contributed by atoms with E-state index in [1.165, 1.54) is 7.11 Å². The van der Waals surface area contributed by atoms with E-state index in [9.17, 15) is 9.59 Å². The van der Waals surface area contributed by atoms with Gasteiger partial charge in [0.05, 0.1) is 13.7 Å². The number of rotatable bonds is 13. The summed E-state index contributed by atoms with van der Waals surface area (Å²) in [6, 6.07) is 33.4. The van der Waals surface area contributed by atoms with E-state index in [4.69, 9.17) is 9.47 Å². The first-order chi connectivity index (χ1) is 18.6. The Balaban J connectivity index is 1.35. The Morgan fingerprint density at radius 3 is 2.16 bits per heavy atom. The molecule has 6 heteroatoms. The van der Waals surface area contributed by atoms with Crippen LogP contribution in [0.25, 0.3) is 0 Å². The van der Waals surface area contributed by atoms with Gasteiger partial charge in [-0.25, -0.2) is 4.79 Å². The molecule has 6 nitrogen and oxygen atoms in total. The second-order valence-corrected chi connectivity index (χ2v) is 8.80. The number of carbonyl (C=O) groups excluding carboxylic acids is 2. The first-order valence-corrected chi connectivity index (χ1v) is 12.7. The summed E-state index contributed by atoms with van der Waals surface area (Å²) in [7, 11) is 1.36. The zero-order valence-electron chi connectivity index (χ0n) is 21.4. The maximum Gasteiger partial charge on any atom is 0.328 e. The molecule has 4 aromatic carbocycles. The zero-order valence-corrected chi connectivity index (χ0v) is 21.4. The molecule has 0 aliphatic heterocycles. The molecule has 2 N–H and O–H groups in total. The van der Waals surface area contributed by atoms with Crippen molar-refractivity contribution in [2.24, 2.45) is 0 Å². The Hall–Kier alpha value is -4.58. The van der Waals surface area contributed by atoms with Gasteiger partial charge in [0.25, 0.3) is 0 Å². The molecular formula is C32H32N2O4. The van der Waals surface area contributed by atoms with E-state index in [2.05, 4.69) is 10.6 Å². The van der Waals surface area contributed by atoms with Crippen LogP contribution in [0.15, 0.2) is 109 Å². The summed E-state index contributed by atoms with van der Waals surface area (Å²) in [6.45, 7) is 1.42. The van der Waals surface area contributed by atoms with Crippen LogP contribution < -0.4 is 15.4 Å². The Morgan fingerprint density at radius 2 is 1.45 bits per heavy atom. The van der Waals surface area contributed by atoms with Crippen molar-refractivity contribution < 1.29 is 19.1 Å². The second kappa shape index (κ2) is 13.7. The fourth-order valence-corrected chi connectivity index (χ4v) is 4.08. The summed E-state index contributed by atoms with van der Waals surface area (Å²) in [5, 5.41) is 6.61. The summed E-state index contributed by atoms with van der Waals surface area (Å²) in [5.74, 6) is 0.255. The number of ketones is 1. The molecule has 0 aromatic heterocycles. The van der Waals surface area contributed by atoms with Crippen molar-refractivity contribution >= 4 is 23.1 Å². The SMILES string of the molecule is COC(=O)[C@H](Cc1ccc(OCCCNc2ccccc2)cc1)Nc1ccccc1C(=O)c1ccccc1. The predicted octanol–water partition coefficient (Wildman–Crippen LogP) is 5.99. The fourth-order valence-electron chi connectivity index (χ4n) is 4.08. The second-order valence-electron chi connectivity index (χ2n) is 8.80. The summed E-state index contributed by atoms with van der Waals surface area (Å²) in [5.41, 5.74) is 3.71. The number of anilines is 2. The van der Waals surface area contributed by atoms with Crippen molar-refractivity contribution in [2.75, 3.05) is 30.9 Å². The first-order valence-electron chi connectivity index (χ1n) is 12.7. The quantitative estimate of drug-likeness (QED) is 0.131. The molecule has 0 radical (unpaired) electrons. The minimum Gasteiger partial charge on any atom is -0.494 e. The van der Waals surface area contributed by atoms with Gasteiger partial charge in [-0.2, -0.15) is 0 Å². The Labute approximate surface area is 223 Å². The van der Waals surface area contributed by atoms with Crippen molar-refractivity contribution in [1.29, 1.82) is 0 Å². The summed E-state index contributed by atoms with van der Waals surface area (Å²) in [6.07, 6.45) is 1.26. The molecule has 0 bridgehead atoms. The fraction of sp³-hybridized carbons (Fsp3) is 0.188. The summed E-state index contributed by atoms with van der Waals surface area (Å²) < 4.78 is 10.9. The van der Waals surface area contributed by atoms with Gasteiger partial charge in [0.15, 0.2) is 5.78 Å². The van der Waals surface area contributed by atoms with Crippen LogP contribution in [0.3, 0.4) is 0 Å². The lowest BCUT2D eigenvalue weighted by molar-refractivity contribution is -0.141. The van der Waals surface area contributed by atoms with E-state index in [1.807, 2.05) is 84.9 Å². The number of para-hydroxylation sites is 2. The number of esters is 1. The average molecular weight is 509 g/mol. The maximum absolute atomic E-state index is 13.1. The summed E-state index contributed by atoms with van der Waals surface area (Å²) in [4.78, 5) is 25.8. The van der Waals surface area contributed by atoms with Crippen LogP contribution >= 0.6 is 0 Å². The molecule has 0 amide bonds. The standard InChI is InChI=1S/C32H32N2O4/c1-37-32(36)30(34-29-16-9-8-15-28(29)31(35)25-11-4-2-5-12-25)23-24-17-19-27(20-18-24)38-22-10-21-33-26-13-6-3-7-14-26/h2-9,11-20,30,33-34H,10,21-23H2,1H3/t30-/m0/s1. The van der Waals surface area contributed by atoms with Gasteiger partial charge < -0.3 is 20.1 Å². The molecule has 0 saturated heterocycles. The molecular weight excluding hydrogens is 476 g/mol. The highest BCUT2D eigenvalue weighted by molar-refractivity contribution is 6.12. The molecule has 0 aliphatic rings. The van der Waals surface area contributed by atoms with Crippen LogP contribution in [-0.4, -0.2) is 38.1 Å². The molecule has 1 atom stereocenters. The van der Waals surface area contributed by atoms with Gasteiger partial charge in [0, 0.05) is 35.5 Å². The molecule has 0 aliphatic carbocycles. The topological polar surface area (TPSA) is 76.7 Å². The average Bonchev–Trinajstić information content (AvgIpc) is 2.98. The molecule has 0 saturated carbocycles. The normalized spacial score (nSPS) is 11.3. The van der Waals surface area contributed by atoms with Gasteiger partial charge in [-0.1, -0.05) is 72.8 Å². The van der Waals surface area contributed by atoms with Crippen LogP contribution in [0.5, 0.6) is 5.75 Å². The molecule has 4 rings (SSSR count). The highest BCUT2D eigenvalue weighted by Crippen LogP contribution is 2.22.